The van der Waals surface area contributed by atoms with Crippen LogP contribution < -0.4 is 15.5 Å². The summed E-state index contributed by atoms with van der Waals surface area (Å²) in [7, 11) is 1.89. The van der Waals surface area contributed by atoms with E-state index in [0.717, 1.165) is 40.0 Å². The fourth-order valence-electron chi connectivity index (χ4n) is 3.14. The van der Waals surface area contributed by atoms with Crippen molar-refractivity contribution in [1.82, 2.24) is 19.9 Å². The van der Waals surface area contributed by atoms with Gasteiger partial charge >= 0.3 is 0 Å². The van der Waals surface area contributed by atoms with Gasteiger partial charge in [0.15, 0.2) is 5.82 Å². The number of benzene rings is 1. The van der Waals surface area contributed by atoms with Crippen molar-refractivity contribution in [2.24, 2.45) is 0 Å². The number of fused-ring (bicyclic) bond motifs is 1. The zero-order chi connectivity index (χ0) is 20.8. The van der Waals surface area contributed by atoms with Gasteiger partial charge in [-0.15, -0.1) is 5.10 Å². The first-order valence-corrected chi connectivity index (χ1v) is 10.8. The van der Waals surface area contributed by atoms with Crippen LogP contribution in [0.15, 0.2) is 24.3 Å². The molecule has 0 aliphatic heterocycles. The van der Waals surface area contributed by atoms with Crippen LogP contribution in [0.5, 0.6) is 0 Å². The Balaban J connectivity index is 1.67. The van der Waals surface area contributed by atoms with Crippen molar-refractivity contribution in [2.45, 2.75) is 52.1 Å². The number of hydrogen-bond donors (Lipinski definition) is 2. The fourth-order valence-corrected chi connectivity index (χ4v) is 4.00. The van der Waals surface area contributed by atoms with Crippen LogP contribution in [0.25, 0.3) is 16.2 Å². The van der Waals surface area contributed by atoms with E-state index >= 15 is 0 Å². The predicted octanol–water partition coefficient (Wildman–Crippen LogP) is 3.69. The quantitative estimate of drug-likeness (QED) is 0.646. The lowest BCUT2D eigenvalue weighted by atomic mass is 10.1. The largest absolute Gasteiger partial charge is 0.364 e. The Kier molecular flexibility index (Phi) is 4.98. The van der Waals surface area contributed by atoms with E-state index in [1.807, 2.05) is 22.5 Å². The SMILES string of the molecule is Cc1cccc(-c2nc3sc(N(C)CC(=O)NC4CC4)nn3c2NC(C)(C)C)c1. The van der Waals surface area contributed by atoms with Crippen molar-refractivity contribution in [3.05, 3.63) is 29.8 Å². The normalized spacial score (nSPS) is 14.2. The number of nitrogens with one attached hydrogen (secondary N) is 2. The molecule has 1 amide bonds. The van der Waals surface area contributed by atoms with Crippen LogP contribution in [0.1, 0.15) is 39.2 Å². The predicted molar refractivity (Wildman–Crippen MR) is 119 cm³/mol. The molecule has 1 fully saturated rings. The van der Waals surface area contributed by atoms with Gasteiger partial charge in [-0.1, -0.05) is 35.1 Å². The van der Waals surface area contributed by atoms with Crippen LogP contribution in [-0.4, -0.2) is 45.7 Å². The summed E-state index contributed by atoms with van der Waals surface area (Å²) in [6, 6.07) is 8.70. The Morgan fingerprint density at radius 3 is 2.76 bits per heavy atom. The molecular formula is C21H28N6OS. The smallest absolute Gasteiger partial charge is 0.239 e. The monoisotopic (exact) mass is 412 g/mol. The van der Waals surface area contributed by atoms with E-state index in [9.17, 15) is 4.79 Å². The maximum Gasteiger partial charge on any atom is 0.239 e. The minimum absolute atomic E-state index is 0.0383. The number of carbonyl (C=O) groups is 1. The number of imidazole rings is 1. The van der Waals surface area contributed by atoms with Gasteiger partial charge in [0.1, 0.15) is 5.69 Å². The fraction of sp³-hybridized carbons (Fsp3) is 0.476. The first kappa shape index (κ1) is 19.7. The molecule has 0 unspecified atom stereocenters. The highest BCUT2D eigenvalue weighted by atomic mass is 32.1. The standard InChI is InChI=1S/C21H28N6OS/c1-13-7-6-8-14(11-13)17-18(24-21(2,3)4)27-19(23-17)29-20(25-27)26(5)12-16(28)22-15-9-10-15/h6-8,11,15,24H,9-10,12H2,1-5H3,(H,22,28). The molecule has 2 aromatic heterocycles. The molecule has 0 spiro atoms. The summed E-state index contributed by atoms with van der Waals surface area (Å²) in [4.78, 5) is 19.7. The van der Waals surface area contributed by atoms with E-state index in [2.05, 4.69) is 56.5 Å². The van der Waals surface area contributed by atoms with Gasteiger partial charge in [-0.2, -0.15) is 4.52 Å². The van der Waals surface area contributed by atoms with Crippen LogP contribution in [0.3, 0.4) is 0 Å². The lowest BCUT2D eigenvalue weighted by molar-refractivity contribution is -0.119. The molecule has 1 aromatic carbocycles. The maximum atomic E-state index is 12.1. The minimum atomic E-state index is -0.144. The third kappa shape index (κ3) is 4.53. The molecule has 2 heterocycles. The third-order valence-electron chi connectivity index (χ3n) is 4.63. The molecule has 154 valence electrons. The number of hydrogen-bond acceptors (Lipinski definition) is 6. The summed E-state index contributed by atoms with van der Waals surface area (Å²) in [6.07, 6.45) is 2.17. The van der Waals surface area contributed by atoms with Gasteiger partial charge in [0.05, 0.1) is 6.54 Å². The van der Waals surface area contributed by atoms with Crippen LogP contribution in [-0.2, 0) is 4.79 Å². The number of amides is 1. The highest BCUT2D eigenvalue weighted by Gasteiger charge is 2.25. The van der Waals surface area contributed by atoms with Gasteiger partial charge in [-0.3, -0.25) is 4.79 Å². The molecule has 1 aliphatic carbocycles. The summed E-state index contributed by atoms with van der Waals surface area (Å²) in [5.41, 5.74) is 3.00. The summed E-state index contributed by atoms with van der Waals surface area (Å²) < 4.78 is 1.86. The molecule has 1 aliphatic rings. The molecule has 3 aromatic rings. The Morgan fingerprint density at radius 2 is 2.10 bits per heavy atom. The van der Waals surface area contributed by atoms with Crippen molar-refractivity contribution in [1.29, 1.82) is 0 Å². The number of aromatic nitrogens is 3. The zero-order valence-corrected chi connectivity index (χ0v) is 18.4. The van der Waals surface area contributed by atoms with Crippen LogP contribution in [0.2, 0.25) is 0 Å². The number of likely N-dealkylation sites (N-methyl/N-ethyl adjacent to an activating group) is 1. The average molecular weight is 413 g/mol. The lowest BCUT2D eigenvalue weighted by Gasteiger charge is -2.22. The summed E-state index contributed by atoms with van der Waals surface area (Å²) in [5.74, 6) is 0.910. The molecular weight excluding hydrogens is 384 g/mol. The lowest BCUT2D eigenvalue weighted by Crippen LogP contribution is -2.36. The first-order valence-electron chi connectivity index (χ1n) is 9.95. The van der Waals surface area contributed by atoms with Gasteiger partial charge in [0.2, 0.25) is 16.0 Å². The Hall–Kier alpha value is -2.61. The minimum Gasteiger partial charge on any atom is -0.364 e. The molecule has 1 saturated carbocycles. The van der Waals surface area contributed by atoms with Crippen molar-refractivity contribution in [2.75, 3.05) is 23.8 Å². The molecule has 7 nitrogen and oxygen atoms in total. The number of anilines is 2. The van der Waals surface area contributed by atoms with Crippen molar-refractivity contribution >= 4 is 33.2 Å². The van der Waals surface area contributed by atoms with Crippen molar-refractivity contribution < 1.29 is 4.79 Å². The number of aryl methyl sites for hydroxylation is 1. The second-order valence-electron chi connectivity index (χ2n) is 8.83. The topological polar surface area (TPSA) is 74.6 Å². The summed E-state index contributed by atoms with van der Waals surface area (Å²) in [6.45, 7) is 8.73. The van der Waals surface area contributed by atoms with Crippen LogP contribution in [0, 0.1) is 6.92 Å². The van der Waals surface area contributed by atoms with E-state index in [0.29, 0.717) is 12.6 Å². The molecule has 8 heteroatoms. The molecule has 0 bridgehead atoms. The van der Waals surface area contributed by atoms with Gasteiger partial charge in [0.25, 0.3) is 0 Å². The van der Waals surface area contributed by atoms with Gasteiger partial charge in [0, 0.05) is 24.2 Å². The Morgan fingerprint density at radius 1 is 1.34 bits per heavy atom. The summed E-state index contributed by atoms with van der Waals surface area (Å²) in [5, 5.41) is 12.1. The second kappa shape index (κ2) is 7.33. The van der Waals surface area contributed by atoms with Crippen molar-refractivity contribution in [3.63, 3.8) is 0 Å². The Bertz CT molecular complexity index is 1040. The third-order valence-corrected chi connectivity index (χ3v) is 5.65. The molecule has 0 radical (unpaired) electrons. The summed E-state index contributed by atoms with van der Waals surface area (Å²) >= 11 is 1.49. The number of rotatable bonds is 6. The number of nitrogens with zero attached hydrogens (tertiary/aromatic N) is 4. The van der Waals surface area contributed by atoms with Crippen molar-refractivity contribution in [3.8, 4) is 11.3 Å². The molecule has 0 saturated heterocycles. The zero-order valence-electron chi connectivity index (χ0n) is 17.6. The molecule has 4 rings (SSSR count). The molecule has 2 N–H and O–H groups in total. The average Bonchev–Trinajstić information content (AvgIpc) is 3.23. The highest BCUT2D eigenvalue weighted by molar-refractivity contribution is 7.20. The second-order valence-corrected chi connectivity index (χ2v) is 9.76. The van der Waals surface area contributed by atoms with E-state index < -0.39 is 0 Å². The van der Waals surface area contributed by atoms with E-state index in [1.165, 1.54) is 16.9 Å². The van der Waals surface area contributed by atoms with Crippen LogP contribution in [0.4, 0.5) is 10.9 Å². The number of carbonyl (C=O) groups excluding carboxylic acids is 1. The van der Waals surface area contributed by atoms with E-state index in [4.69, 9.17) is 10.1 Å². The van der Waals surface area contributed by atoms with Gasteiger partial charge in [-0.25, -0.2) is 4.98 Å². The maximum absolute atomic E-state index is 12.1. The highest BCUT2D eigenvalue weighted by Crippen LogP contribution is 2.34. The first-order chi connectivity index (χ1) is 13.7. The molecule has 29 heavy (non-hydrogen) atoms. The van der Waals surface area contributed by atoms with Gasteiger partial charge < -0.3 is 15.5 Å². The van der Waals surface area contributed by atoms with Crippen LogP contribution >= 0.6 is 11.3 Å². The Labute approximate surface area is 175 Å². The van der Waals surface area contributed by atoms with E-state index in [-0.39, 0.29) is 11.4 Å². The van der Waals surface area contributed by atoms with E-state index in [1.54, 1.807) is 0 Å². The molecule has 0 atom stereocenters. The van der Waals surface area contributed by atoms with Gasteiger partial charge in [-0.05, 0) is 46.6 Å².